The van der Waals surface area contributed by atoms with Gasteiger partial charge in [-0.05, 0) is 0 Å². The van der Waals surface area contributed by atoms with Crippen LogP contribution in [-0.4, -0.2) is 24.0 Å². The van der Waals surface area contributed by atoms with Gasteiger partial charge in [0.1, 0.15) is 0 Å². The van der Waals surface area contributed by atoms with Crippen LogP contribution < -0.4 is 0 Å². The van der Waals surface area contributed by atoms with Crippen LogP contribution in [0, 0.1) is 0 Å². The molecule has 0 aliphatic rings. The number of rotatable bonds is 0. The van der Waals surface area contributed by atoms with E-state index >= 15 is 0 Å². The summed E-state index contributed by atoms with van der Waals surface area (Å²) in [4.78, 5) is 0. The van der Waals surface area contributed by atoms with Gasteiger partial charge in [0, 0.05) is 0 Å². The Bertz CT molecular complexity index is 19.2. The standard InChI is InChI=1S/Cl2Ge2/c1-3-4-2. The molecule has 0 saturated carbocycles. The van der Waals surface area contributed by atoms with Crippen LogP contribution in [0.15, 0.2) is 0 Å². The number of halogens is 2. The van der Waals surface area contributed by atoms with E-state index in [4.69, 9.17) is 20.0 Å². The Morgan fingerprint density at radius 3 is 1.25 bits per heavy atom. The quantitative estimate of drug-likeness (QED) is 0.521. The van der Waals surface area contributed by atoms with Crippen LogP contribution in [-0.2, 0) is 0 Å². The molecule has 0 bridgehead atoms. The van der Waals surface area contributed by atoms with Crippen LogP contribution >= 0.6 is 20.0 Å². The van der Waals surface area contributed by atoms with E-state index in [1.807, 2.05) is 0 Å². The summed E-state index contributed by atoms with van der Waals surface area (Å²) in [5.74, 6) is 0. The van der Waals surface area contributed by atoms with Gasteiger partial charge < -0.3 is 0 Å². The first kappa shape index (κ1) is 5.67. The monoisotopic (exact) mass is 218 g/mol. The van der Waals surface area contributed by atoms with Gasteiger partial charge in [-0.3, -0.25) is 0 Å². The maximum absolute atomic E-state index is 5.23. The third-order valence-electron chi connectivity index (χ3n) is 0.0357. The second-order valence-electron chi connectivity index (χ2n) is 0.189. The van der Waals surface area contributed by atoms with Gasteiger partial charge in [0.25, 0.3) is 0 Å². The molecule has 0 aliphatic heterocycles. The van der Waals surface area contributed by atoms with E-state index in [0.717, 1.165) is 0 Å². The predicted molar refractivity (Wildman–Crippen MR) is 23.2 cm³/mol. The zero-order chi connectivity index (χ0) is 3.41. The fourth-order valence-electron chi connectivity index (χ4n) is 0. The summed E-state index contributed by atoms with van der Waals surface area (Å²) < 4.78 is 0. The first-order chi connectivity index (χ1) is 1.91. The van der Waals surface area contributed by atoms with Gasteiger partial charge in [0.15, 0.2) is 0 Å². The average Bonchev–Trinajstić information content (AvgIpc) is 1.37. The van der Waals surface area contributed by atoms with Gasteiger partial charge in [-0.2, -0.15) is 0 Å². The molecule has 0 spiro atoms. The van der Waals surface area contributed by atoms with Crippen molar-refractivity contribution >= 4 is 44.0 Å². The van der Waals surface area contributed by atoms with E-state index in [9.17, 15) is 0 Å². The molecule has 0 nitrogen and oxygen atoms in total. The Kier molecular flexibility index (Phi) is 6.61. The van der Waals surface area contributed by atoms with E-state index in [2.05, 4.69) is 0 Å². The average molecular weight is 216 g/mol. The van der Waals surface area contributed by atoms with Crippen molar-refractivity contribution in [2.45, 2.75) is 0 Å². The molecule has 4 heavy (non-hydrogen) atoms. The summed E-state index contributed by atoms with van der Waals surface area (Å²) >= 11 is -0.247. The van der Waals surface area contributed by atoms with Crippen LogP contribution in [0.5, 0.6) is 0 Å². The number of hydrogen-bond donors (Lipinski definition) is 0. The second-order valence-corrected chi connectivity index (χ2v) is 15.3. The van der Waals surface area contributed by atoms with Crippen molar-refractivity contribution in [1.82, 2.24) is 0 Å². The molecule has 0 unspecified atom stereocenters. The van der Waals surface area contributed by atoms with E-state index in [1.165, 1.54) is 0 Å². The summed E-state index contributed by atoms with van der Waals surface area (Å²) in [7, 11) is 10.5. The van der Waals surface area contributed by atoms with Gasteiger partial charge in [0.05, 0.1) is 0 Å². The first-order valence-electron chi connectivity index (χ1n) is 0.628. The molecule has 0 aromatic rings. The molecule has 0 aromatic heterocycles. The Morgan fingerprint density at radius 1 is 1.00 bits per heavy atom. The first-order valence-corrected chi connectivity index (χ1v) is 12.6. The molecule has 0 amide bonds. The van der Waals surface area contributed by atoms with Crippen molar-refractivity contribution < 1.29 is 0 Å². The predicted octanol–water partition coefficient (Wildman–Crippen LogP) is 0.617. The Hall–Kier alpha value is 1.67. The second kappa shape index (κ2) is 4.67. The molecule has 0 rings (SSSR count). The molecule has 0 heterocycles. The molecule has 0 aliphatic carbocycles. The summed E-state index contributed by atoms with van der Waals surface area (Å²) in [5.41, 5.74) is 0. The van der Waals surface area contributed by atoms with Gasteiger partial charge in [-0.15, -0.1) is 0 Å². The van der Waals surface area contributed by atoms with Gasteiger partial charge >= 0.3 is 44.0 Å². The molecular formula is Cl2Ge2. The zero-order valence-electron chi connectivity index (χ0n) is 1.76. The Labute approximate surface area is 43.9 Å². The summed E-state index contributed by atoms with van der Waals surface area (Å²) in [6.45, 7) is 0. The molecule has 0 N–H and O–H groups in total. The van der Waals surface area contributed by atoms with Crippen LogP contribution in [0.3, 0.4) is 0 Å². The van der Waals surface area contributed by atoms with Crippen molar-refractivity contribution in [3.8, 4) is 0 Å². The molecule has 0 saturated heterocycles. The van der Waals surface area contributed by atoms with E-state index in [-0.39, 0.29) is 24.0 Å². The van der Waals surface area contributed by atoms with Crippen LogP contribution in [0.1, 0.15) is 0 Å². The summed E-state index contributed by atoms with van der Waals surface area (Å²) in [6, 6.07) is 0. The minimum atomic E-state index is -0.123. The van der Waals surface area contributed by atoms with Gasteiger partial charge in [-0.1, -0.05) is 0 Å². The Balaban J connectivity index is 2.55. The van der Waals surface area contributed by atoms with Crippen LogP contribution in [0.2, 0.25) is 0 Å². The normalized spacial score (nSPS) is 9.50. The number of hydrogen-bond acceptors (Lipinski definition) is 0. The van der Waals surface area contributed by atoms with Gasteiger partial charge in [0.2, 0.25) is 0 Å². The van der Waals surface area contributed by atoms with Crippen LogP contribution in [0.25, 0.3) is 0 Å². The van der Waals surface area contributed by atoms with Crippen LogP contribution in [0.4, 0.5) is 0 Å². The molecule has 0 fully saturated rings. The molecule has 0 atom stereocenters. The molecule has 2 radical (unpaired) electrons. The molecule has 22 valence electrons. The molecule has 4 heteroatoms. The fraction of sp³-hybridized carbons (Fsp3) is 0. The van der Waals surface area contributed by atoms with Crippen molar-refractivity contribution in [3.63, 3.8) is 0 Å². The third kappa shape index (κ3) is 3.67. The van der Waals surface area contributed by atoms with E-state index in [1.54, 1.807) is 0 Å². The molecular weight excluding hydrogens is 216 g/mol. The SMILES string of the molecule is [Cl][Ge]=[Ge][Cl]. The minimum absolute atomic E-state index is 0.123. The Morgan fingerprint density at radius 2 is 1.25 bits per heavy atom. The fourth-order valence-corrected chi connectivity index (χ4v) is 0. The van der Waals surface area contributed by atoms with Crippen molar-refractivity contribution in [1.29, 1.82) is 0 Å². The van der Waals surface area contributed by atoms with Crippen molar-refractivity contribution in [3.05, 3.63) is 0 Å². The van der Waals surface area contributed by atoms with Crippen molar-refractivity contribution in [2.75, 3.05) is 0 Å². The van der Waals surface area contributed by atoms with Gasteiger partial charge in [-0.25, -0.2) is 0 Å². The third-order valence-corrected chi connectivity index (χ3v) is 8.68. The topological polar surface area (TPSA) is 0 Å². The zero-order valence-corrected chi connectivity index (χ0v) is 7.46. The maximum atomic E-state index is 5.23. The van der Waals surface area contributed by atoms with E-state index < -0.39 is 0 Å². The van der Waals surface area contributed by atoms with Crippen molar-refractivity contribution in [2.24, 2.45) is 0 Å². The summed E-state index contributed by atoms with van der Waals surface area (Å²) in [5, 5.41) is 0. The molecule has 0 aromatic carbocycles. The summed E-state index contributed by atoms with van der Waals surface area (Å²) in [6.07, 6.45) is 0. The van der Waals surface area contributed by atoms with E-state index in [0.29, 0.717) is 0 Å².